The van der Waals surface area contributed by atoms with E-state index >= 15 is 0 Å². The molecule has 0 saturated heterocycles. The van der Waals surface area contributed by atoms with Crippen LogP contribution in [-0.4, -0.2) is 32.2 Å². The Morgan fingerprint density at radius 1 is 1.19 bits per heavy atom. The quantitative estimate of drug-likeness (QED) is 0.742. The van der Waals surface area contributed by atoms with Crippen molar-refractivity contribution in [3.63, 3.8) is 0 Å². The Bertz CT molecular complexity index is 857. The summed E-state index contributed by atoms with van der Waals surface area (Å²) in [6.45, 7) is 0.549. The van der Waals surface area contributed by atoms with E-state index in [1.54, 1.807) is 18.2 Å². The molecule has 1 amide bonds. The van der Waals surface area contributed by atoms with E-state index in [0.29, 0.717) is 18.0 Å². The molecular formula is C18H20ClFN2O3S. The predicted molar refractivity (Wildman–Crippen MR) is 98.7 cm³/mol. The van der Waals surface area contributed by atoms with Gasteiger partial charge in [0.25, 0.3) is 0 Å². The molecule has 0 unspecified atom stereocenters. The molecule has 5 nitrogen and oxygen atoms in total. The molecule has 0 fully saturated rings. The Labute approximate surface area is 157 Å². The van der Waals surface area contributed by atoms with Gasteiger partial charge in [-0.25, -0.2) is 17.1 Å². The topological polar surface area (TPSA) is 66.5 Å². The highest BCUT2D eigenvalue weighted by atomic mass is 35.5. The van der Waals surface area contributed by atoms with Crippen molar-refractivity contribution in [2.75, 3.05) is 13.6 Å². The molecule has 8 heteroatoms. The minimum Gasteiger partial charge on any atom is -0.352 e. The molecule has 0 atom stereocenters. The summed E-state index contributed by atoms with van der Waals surface area (Å²) in [5.74, 6) is -0.666. The third kappa shape index (κ3) is 5.79. The zero-order valence-corrected chi connectivity index (χ0v) is 15.9. The zero-order chi connectivity index (χ0) is 19.2. The lowest BCUT2D eigenvalue weighted by Gasteiger charge is -2.17. The van der Waals surface area contributed by atoms with E-state index in [9.17, 15) is 17.6 Å². The maximum atomic E-state index is 12.9. The summed E-state index contributed by atoms with van der Waals surface area (Å²) >= 11 is 5.88. The highest BCUT2D eigenvalue weighted by Gasteiger charge is 2.20. The molecule has 0 radical (unpaired) electrons. The van der Waals surface area contributed by atoms with Crippen LogP contribution in [0.3, 0.4) is 0 Å². The van der Waals surface area contributed by atoms with E-state index < -0.39 is 15.8 Å². The van der Waals surface area contributed by atoms with E-state index in [1.807, 2.05) is 6.07 Å². The fourth-order valence-corrected chi connectivity index (χ4v) is 3.73. The highest BCUT2D eigenvalue weighted by molar-refractivity contribution is 7.89. The summed E-state index contributed by atoms with van der Waals surface area (Å²) in [6, 6.07) is 11.8. The Morgan fingerprint density at radius 3 is 2.54 bits per heavy atom. The molecule has 0 saturated carbocycles. The molecule has 0 aliphatic rings. The SMILES string of the molecule is CN(CCCC(=O)NCc1cccc(Cl)c1)S(=O)(=O)c1ccc(F)cc1. The average Bonchev–Trinajstić information content (AvgIpc) is 2.60. The third-order valence-electron chi connectivity index (χ3n) is 3.78. The van der Waals surface area contributed by atoms with Gasteiger partial charge in [-0.15, -0.1) is 0 Å². The van der Waals surface area contributed by atoms with Crippen LogP contribution in [0.4, 0.5) is 4.39 Å². The molecule has 2 aromatic carbocycles. The number of rotatable bonds is 8. The summed E-state index contributed by atoms with van der Waals surface area (Å²) in [4.78, 5) is 11.9. The minimum atomic E-state index is -3.69. The summed E-state index contributed by atoms with van der Waals surface area (Å²) in [5, 5.41) is 3.37. The number of carbonyl (C=O) groups is 1. The van der Waals surface area contributed by atoms with Crippen LogP contribution in [-0.2, 0) is 21.4 Å². The second kappa shape index (κ2) is 9.12. The van der Waals surface area contributed by atoms with Gasteiger partial charge in [0, 0.05) is 31.6 Å². The van der Waals surface area contributed by atoms with E-state index in [2.05, 4.69) is 5.32 Å². The van der Waals surface area contributed by atoms with Crippen LogP contribution in [0.25, 0.3) is 0 Å². The van der Waals surface area contributed by atoms with Crippen LogP contribution < -0.4 is 5.32 Å². The number of benzene rings is 2. The number of sulfonamides is 1. The van der Waals surface area contributed by atoms with Crippen LogP contribution in [0, 0.1) is 5.82 Å². The Balaban J connectivity index is 1.79. The number of nitrogens with zero attached hydrogens (tertiary/aromatic N) is 1. The van der Waals surface area contributed by atoms with Gasteiger partial charge in [0.05, 0.1) is 4.90 Å². The number of amides is 1. The molecule has 0 aromatic heterocycles. The number of nitrogens with one attached hydrogen (secondary N) is 1. The smallest absolute Gasteiger partial charge is 0.242 e. The van der Waals surface area contributed by atoms with Crippen molar-refractivity contribution in [2.45, 2.75) is 24.3 Å². The molecular weight excluding hydrogens is 379 g/mol. The van der Waals surface area contributed by atoms with Crippen molar-refractivity contribution in [1.82, 2.24) is 9.62 Å². The van der Waals surface area contributed by atoms with Crippen molar-refractivity contribution >= 4 is 27.5 Å². The second-order valence-corrected chi connectivity index (χ2v) is 8.27. The minimum absolute atomic E-state index is 0.0202. The van der Waals surface area contributed by atoms with Crippen LogP contribution in [0.5, 0.6) is 0 Å². The standard InChI is InChI=1S/C18H20ClFN2O3S/c1-22(26(24,25)17-9-7-16(20)8-10-17)11-3-6-18(23)21-13-14-4-2-5-15(19)12-14/h2,4-5,7-10,12H,3,6,11,13H2,1H3,(H,21,23). The van der Waals surface area contributed by atoms with Crippen LogP contribution >= 0.6 is 11.6 Å². The number of hydrogen-bond acceptors (Lipinski definition) is 3. The first-order valence-electron chi connectivity index (χ1n) is 8.02. The van der Waals surface area contributed by atoms with Crippen LogP contribution in [0.1, 0.15) is 18.4 Å². The van der Waals surface area contributed by atoms with E-state index in [0.717, 1.165) is 22.0 Å². The van der Waals surface area contributed by atoms with Gasteiger partial charge in [-0.05, 0) is 48.4 Å². The van der Waals surface area contributed by atoms with Gasteiger partial charge in [0.2, 0.25) is 15.9 Å². The fraction of sp³-hybridized carbons (Fsp3) is 0.278. The largest absolute Gasteiger partial charge is 0.352 e. The Kier molecular flexibility index (Phi) is 7.14. The molecule has 26 heavy (non-hydrogen) atoms. The molecule has 140 valence electrons. The fourth-order valence-electron chi connectivity index (χ4n) is 2.30. The molecule has 0 aliphatic carbocycles. The first kappa shape index (κ1) is 20.4. The maximum Gasteiger partial charge on any atom is 0.242 e. The third-order valence-corrected chi connectivity index (χ3v) is 5.88. The Morgan fingerprint density at radius 2 is 1.88 bits per heavy atom. The summed E-state index contributed by atoms with van der Waals surface area (Å²) in [7, 11) is -2.26. The molecule has 2 aromatic rings. The van der Waals surface area contributed by atoms with Crippen molar-refractivity contribution in [3.05, 3.63) is 64.9 Å². The second-order valence-electron chi connectivity index (χ2n) is 5.79. The molecule has 2 rings (SSSR count). The molecule has 1 N–H and O–H groups in total. The molecule has 0 aliphatic heterocycles. The van der Waals surface area contributed by atoms with Gasteiger partial charge in [0.15, 0.2) is 0 Å². The Hall–Kier alpha value is -1.96. The van der Waals surface area contributed by atoms with Gasteiger partial charge >= 0.3 is 0 Å². The first-order chi connectivity index (χ1) is 12.3. The summed E-state index contributed by atoms with van der Waals surface area (Å²) < 4.78 is 38.8. The maximum absolute atomic E-state index is 12.9. The predicted octanol–water partition coefficient (Wildman–Crippen LogP) is 3.20. The van der Waals surface area contributed by atoms with Gasteiger partial charge in [-0.2, -0.15) is 0 Å². The summed E-state index contributed by atoms with van der Waals surface area (Å²) in [5.41, 5.74) is 0.891. The van der Waals surface area contributed by atoms with E-state index in [-0.39, 0.29) is 23.8 Å². The molecule has 0 spiro atoms. The van der Waals surface area contributed by atoms with Crippen molar-refractivity contribution in [2.24, 2.45) is 0 Å². The monoisotopic (exact) mass is 398 g/mol. The highest BCUT2D eigenvalue weighted by Crippen LogP contribution is 2.15. The average molecular weight is 399 g/mol. The van der Waals surface area contributed by atoms with E-state index in [1.165, 1.54) is 19.2 Å². The zero-order valence-electron chi connectivity index (χ0n) is 14.3. The van der Waals surface area contributed by atoms with E-state index in [4.69, 9.17) is 11.6 Å². The van der Waals surface area contributed by atoms with Crippen LogP contribution in [0.15, 0.2) is 53.4 Å². The first-order valence-corrected chi connectivity index (χ1v) is 9.84. The van der Waals surface area contributed by atoms with Crippen molar-refractivity contribution in [3.8, 4) is 0 Å². The summed E-state index contributed by atoms with van der Waals surface area (Å²) in [6.07, 6.45) is 0.572. The van der Waals surface area contributed by atoms with Gasteiger partial charge in [0.1, 0.15) is 5.82 Å². The lowest BCUT2D eigenvalue weighted by Crippen LogP contribution is -2.29. The number of carbonyl (C=O) groups excluding carboxylic acids is 1. The lowest BCUT2D eigenvalue weighted by atomic mass is 10.2. The number of halogens is 2. The van der Waals surface area contributed by atoms with Crippen LogP contribution in [0.2, 0.25) is 5.02 Å². The van der Waals surface area contributed by atoms with Gasteiger partial charge in [-0.3, -0.25) is 4.79 Å². The normalized spacial score (nSPS) is 11.5. The lowest BCUT2D eigenvalue weighted by molar-refractivity contribution is -0.121. The number of hydrogen-bond donors (Lipinski definition) is 1. The van der Waals surface area contributed by atoms with Gasteiger partial charge in [-0.1, -0.05) is 23.7 Å². The van der Waals surface area contributed by atoms with Crippen molar-refractivity contribution < 1.29 is 17.6 Å². The van der Waals surface area contributed by atoms with Gasteiger partial charge < -0.3 is 5.32 Å². The molecule has 0 bridgehead atoms. The van der Waals surface area contributed by atoms with Crippen molar-refractivity contribution in [1.29, 1.82) is 0 Å². The molecule has 0 heterocycles.